The van der Waals surface area contributed by atoms with Gasteiger partial charge in [-0.3, -0.25) is 14.6 Å². The molecule has 10 heteroatoms. The van der Waals surface area contributed by atoms with E-state index in [1.54, 1.807) is 12.4 Å². The Morgan fingerprint density at radius 1 is 1.19 bits per heavy atom. The third-order valence-electron chi connectivity index (χ3n) is 5.65. The lowest BCUT2D eigenvalue weighted by Gasteiger charge is -2.34. The number of aliphatic hydroxyl groups excluding tert-OH is 1. The number of likely N-dealkylation sites (tertiary alicyclic amines) is 1. The highest BCUT2D eigenvalue weighted by Gasteiger charge is 2.45. The highest BCUT2D eigenvalue weighted by molar-refractivity contribution is 5.90. The van der Waals surface area contributed by atoms with E-state index in [9.17, 15) is 14.7 Å². The monoisotopic (exact) mass is 437 g/mol. The van der Waals surface area contributed by atoms with Crippen LogP contribution in [0.1, 0.15) is 33.2 Å². The van der Waals surface area contributed by atoms with Crippen LogP contribution >= 0.6 is 0 Å². The maximum atomic E-state index is 13.6. The molecule has 3 aromatic rings. The minimum absolute atomic E-state index is 0.0984. The quantitative estimate of drug-likeness (QED) is 0.628. The van der Waals surface area contributed by atoms with Gasteiger partial charge in [0.2, 0.25) is 11.8 Å². The minimum Gasteiger partial charge on any atom is -0.391 e. The Bertz CT molecular complexity index is 1150. The maximum Gasteiger partial charge on any atom is 0.248 e. The Morgan fingerprint density at radius 2 is 1.91 bits per heavy atom. The molecular formula is C22H27N7O3. The van der Waals surface area contributed by atoms with E-state index in [2.05, 4.69) is 25.6 Å². The van der Waals surface area contributed by atoms with Gasteiger partial charge in [-0.2, -0.15) is 0 Å². The third kappa shape index (κ3) is 4.05. The summed E-state index contributed by atoms with van der Waals surface area (Å²) < 4.78 is 1.51. The molecule has 4 rings (SSSR count). The number of fused-ring (bicyclic) bond motifs is 1. The van der Waals surface area contributed by atoms with Crippen molar-refractivity contribution >= 4 is 22.8 Å². The van der Waals surface area contributed by atoms with Gasteiger partial charge >= 0.3 is 0 Å². The van der Waals surface area contributed by atoms with Gasteiger partial charge in [-0.25, -0.2) is 9.67 Å². The number of nitrogens with zero attached hydrogens (tertiary/aromatic N) is 6. The Morgan fingerprint density at radius 3 is 2.59 bits per heavy atom. The van der Waals surface area contributed by atoms with Gasteiger partial charge in [0.25, 0.3) is 0 Å². The Kier molecular flexibility index (Phi) is 5.64. The first-order chi connectivity index (χ1) is 15.2. The van der Waals surface area contributed by atoms with E-state index < -0.39 is 23.6 Å². The first-order valence-corrected chi connectivity index (χ1v) is 10.5. The number of nitrogens with one attached hydrogen (secondary N) is 1. The van der Waals surface area contributed by atoms with Crippen LogP contribution in [0.5, 0.6) is 0 Å². The largest absolute Gasteiger partial charge is 0.391 e. The number of β-amino-alcohol motifs (C(OH)–C–C–N with tert-alkyl or cyclic N) is 1. The van der Waals surface area contributed by atoms with E-state index in [-0.39, 0.29) is 24.8 Å². The number of aromatic nitrogens is 5. The van der Waals surface area contributed by atoms with E-state index in [0.717, 1.165) is 11.0 Å². The third-order valence-corrected chi connectivity index (χ3v) is 5.65. The fourth-order valence-corrected chi connectivity index (χ4v) is 4.11. The SMILES string of the molecule is CNC(=O)[C@@H]1C[C@@H](O)CN1C(=O)[C@@H](n1cc(-c2cnc3ccccc3n2)nn1)C(C)(C)C. The van der Waals surface area contributed by atoms with Crippen molar-refractivity contribution in [3.05, 3.63) is 36.7 Å². The molecule has 0 bridgehead atoms. The molecule has 32 heavy (non-hydrogen) atoms. The average Bonchev–Trinajstić information content (AvgIpc) is 3.39. The molecule has 0 spiro atoms. The van der Waals surface area contributed by atoms with Crippen molar-refractivity contribution in [1.82, 2.24) is 35.2 Å². The summed E-state index contributed by atoms with van der Waals surface area (Å²) in [5, 5.41) is 21.2. The number of hydrogen-bond donors (Lipinski definition) is 2. The second kappa shape index (κ2) is 8.27. The highest BCUT2D eigenvalue weighted by Crippen LogP contribution is 2.34. The maximum absolute atomic E-state index is 13.6. The zero-order valence-corrected chi connectivity index (χ0v) is 18.6. The molecule has 1 aromatic carbocycles. The summed E-state index contributed by atoms with van der Waals surface area (Å²) in [6.07, 6.45) is 2.76. The molecule has 1 aliphatic rings. The van der Waals surface area contributed by atoms with Crippen LogP contribution in [0.25, 0.3) is 22.4 Å². The van der Waals surface area contributed by atoms with Crippen LogP contribution in [-0.4, -0.2) is 72.5 Å². The van der Waals surface area contributed by atoms with Crippen LogP contribution in [0, 0.1) is 5.41 Å². The van der Waals surface area contributed by atoms with Crippen LogP contribution in [0.2, 0.25) is 0 Å². The molecule has 0 aliphatic carbocycles. The summed E-state index contributed by atoms with van der Waals surface area (Å²) in [7, 11) is 1.52. The van der Waals surface area contributed by atoms with Crippen molar-refractivity contribution in [3.63, 3.8) is 0 Å². The lowest BCUT2D eigenvalue weighted by molar-refractivity contribution is -0.144. The predicted octanol–water partition coefficient (Wildman–Crippen LogP) is 1.18. The summed E-state index contributed by atoms with van der Waals surface area (Å²) in [4.78, 5) is 36.4. The summed E-state index contributed by atoms with van der Waals surface area (Å²) >= 11 is 0. The Balaban J connectivity index is 1.68. The van der Waals surface area contributed by atoms with Crippen LogP contribution in [0.3, 0.4) is 0 Å². The minimum atomic E-state index is -0.749. The zero-order valence-electron chi connectivity index (χ0n) is 18.6. The van der Waals surface area contributed by atoms with Crippen LogP contribution in [0.15, 0.2) is 36.7 Å². The first-order valence-electron chi connectivity index (χ1n) is 10.5. The number of likely N-dealkylation sites (N-methyl/N-ethyl adjacent to an activating group) is 1. The molecule has 0 unspecified atom stereocenters. The van der Waals surface area contributed by atoms with Crippen molar-refractivity contribution in [2.75, 3.05) is 13.6 Å². The number of hydrogen-bond acceptors (Lipinski definition) is 7. The van der Waals surface area contributed by atoms with Crippen molar-refractivity contribution in [2.24, 2.45) is 5.41 Å². The van der Waals surface area contributed by atoms with Gasteiger partial charge in [-0.05, 0) is 17.5 Å². The Hall–Kier alpha value is -3.40. The van der Waals surface area contributed by atoms with E-state index in [1.165, 1.54) is 16.6 Å². The van der Waals surface area contributed by atoms with Gasteiger partial charge in [-0.1, -0.05) is 38.1 Å². The number of para-hydroxylation sites is 2. The topological polar surface area (TPSA) is 126 Å². The van der Waals surface area contributed by atoms with Gasteiger partial charge in [0.1, 0.15) is 23.5 Å². The van der Waals surface area contributed by atoms with E-state index in [1.807, 2.05) is 45.0 Å². The summed E-state index contributed by atoms with van der Waals surface area (Å²) in [5.74, 6) is -0.586. The number of benzene rings is 1. The molecule has 2 N–H and O–H groups in total. The molecule has 2 aromatic heterocycles. The normalized spacial score (nSPS) is 19.8. The van der Waals surface area contributed by atoms with Crippen molar-refractivity contribution < 1.29 is 14.7 Å². The fraction of sp³-hybridized carbons (Fsp3) is 0.455. The van der Waals surface area contributed by atoms with E-state index in [0.29, 0.717) is 11.4 Å². The molecule has 2 amide bonds. The lowest BCUT2D eigenvalue weighted by Crippen LogP contribution is -2.49. The van der Waals surface area contributed by atoms with E-state index in [4.69, 9.17) is 0 Å². The molecule has 168 valence electrons. The van der Waals surface area contributed by atoms with Crippen molar-refractivity contribution in [2.45, 2.75) is 45.4 Å². The second-order valence-electron chi connectivity index (χ2n) is 9.11. The molecular weight excluding hydrogens is 410 g/mol. The Labute approximate surface area is 185 Å². The number of amides is 2. The average molecular weight is 438 g/mol. The molecule has 3 atom stereocenters. The van der Waals surface area contributed by atoms with Crippen LogP contribution in [0.4, 0.5) is 0 Å². The second-order valence-corrected chi connectivity index (χ2v) is 9.11. The molecule has 0 radical (unpaired) electrons. The highest BCUT2D eigenvalue weighted by atomic mass is 16.3. The van der Waals surface area contributed by atoms with Gasteiger partial charge in [0, 0.05) is 20.0 Å². The summed E-state index contributed by atoms with van der Waals surface area (Å²) in [5.41, 5.74) is 2.03. The molecule has 3 heterocycles. The van der Waals surface area contributed by atoms with E-state index >= 15 is 0 Å². The van der Waals surface area contributed by atoms with Gasteiger partial charge in [0.05, 0.1) is 29.5 Å². The number of carbonyl (C=O) groups is 2. The molecule has 1 fully saturated rings. The van der Waals surface area contributed by atoms with Gasteiger partial charge < -0.3 is 15.3 Å². The van der Waals surface area contributed by atoms with Gasteiger partial charge in [-0.15, -0.1) is 5.10 Å². The smallest absolute Gasteiger partial charge is 0.248 e. The summed E-state index contributed by atoms with van der Waals surface area (Å²) in [6.45, 7) is 5.87. The number of rotatable bonds is 4. The van der Waals surface area contributed by atoms with Crippen LogP contribution < -0.4 is 5.32 Å². The molecule has 0 saturated carbocycles. The van der Waals surface area contributed by atoms with Crippen LogP contribution in [-0.2, 0) is 9.59 Å². The van der Waals surface area contributed by atoms with Gasteiger partial charge in [0.15, 0.2) is 0 Å². The lowest BCUT2D eigenvalue weighted by atomic mass is 9.85. The zero-order chi connectivity index (χ0) is 23.0. The fourth-order valence-electron chi connectivity index (χ4n) is 4.11. The standard InChI is InChI=1S/C22H27N7O3/c1-22(2,3)19(21(32)28-11-13(30)9-18(28)20(31)23-4)29-12-17(26-27-29)16-10-24-14-7-5-6-8-15(14)25-16/h5-8,10,12-13,18-19,30H,9,11H2,1-4H3,(H,23,31)/t13-,18+,19-/m1/s1. The first kappa shape index (κ1) is 21.8. The molecule has 1 saturated heterocycles. The predicted molar refractivity (Wildman–Crippen MR) is 117 cm³/mol. The van der Waals surface area contributed by atoms with Crippen molar-refractivity contribution in [3.8, 4) is 11.4 Å². The number of aliphatic hydroxyl groups is 1. The van der Waals surface area contributed by atoms with Crippen molar-refractivity contribution in [1.29, 1.82) is 0 Å². The molecule has 10 nitrogen and oxygen atoms in total. The summed E-state index contributed by atoms with van der Waals surface area (Å²) in [6, 6.07) is 6.09. The number of carbonyl (C=O) groups excluding carboxylic acids is 2. The molecule has 1 aliphatic heterocycles.